The van der Waals surface area contributed by atoms with Crippen molar-refractivity contribution in [1.29, 1.82) is 0 Å². The Morgan fingerprint density at radius 1 is 1.00 bits per heavy atom. The third-order valence-electron chi connectivity index (χ3n) is 6.24. The number of nitrogens with zero attached hydrogens (tertiary/aromatic N) is 5. The Balaban J connectivity index is 1.25. The second-order valence-electron chi connectivity index (χ2n) is 8.53. The maximum Gasteiger partial charge on any atom is 0.149 e. The largest absolute Gasteiger partial charge is 0.488 e. The van der Waals surface area contributed by atoms with Crippen molar-refractivity contribution < 1.29 is 14.2 Å². The van der Waals surface area contributed by atoms with Crippen LogP contribution < -0.4 is 15.0 Å². The van der Waals surface area contributed by atoms with Crippen LogP contribution in [0.2, 0.25) is 0 Å². The fourth-order valence-corrected chi connectivity index (χ4v) is 4.54. The molecule has 0 bridgehead atoms. The SMILES string of the molecule is COCc1cc(N[C@H]2CC[C@@H](Oc3cc(N4CCOCC4)cc4nccnc34)CC2)ncn1. The molecule has 3 heterocycles. The third kappa shape index (κ3) is 5.31. The Kier molecular flexibility index (Phi) is 6.78. The molecule has 0 radical (unpaired) electrons. The lowest BCUT2D eigenvalue weighted by Crippen LogP contribution is -2.36. The van der Waals surface area contributed by atoms with Crippen molar-refractivity contribution >= 4 is 22.5 Å². The maximum atomic E-state index is 6.52. The van der Waals surface area contributed by atoms with Crippen LogP contribution in [-0.2, 0) is 16.1 Å². The number of benzene rings is 1. The lowest BCUT2D eigenvalue weighted by Gasteiger charge is -2.31. The molecule has 2 aliphatic rings. The number of rotatable bonds is 7. The number of hydrogen-bond acceptors (Lipinski definition) is 9. The van der Waals surface area contributed by atoms with Crippen LogP contribution in [-0.4, -0.2) is 65.5 Å². The Hall–Kier alpha value is -3.04. The molecular formula is C24H30N6O3. The topological polar surface area (TPSA) is 94.5 Å². The van der Waals surface area contributed by atoms with E-state index in [-0.39, 0.29) is 6.10 Å². The molecule has 0 spiro atoms. The average Bonchev–Trinajstić information content (AvgIpc) is 2.86. The molecule has 1 aliphatic heterocycles. The first-order valence-electron chi connectivity index (χ1n) is 11.6. The van der Waals surface area contributed by atoms with E-state index in [2.05, 4.69) is 42.3 Å². The second-order valence-corrected chi connectivity index (χ2v) is 8.53. The Bertz CT molecular complexity index is 1070. The fourth-order valence-electron chi connectivity index (χ4n) is 4.54. The molecule has 9 nitrogen and oxygen atoms in total. The third-order valence-corrected chi connectivity index (χ3v) is 6.24. The van der Waals surface area contributed by atoms with Crippen molar-refractivity contribution in [3.05, 3.63) is 42.6 Å². The summed E-state index contributed by atoms with van der Waals surface area (Å²) in [6, 6.07) is 6.53. The minimum Gasteiger partial charge on any atom is -0.488 e. The molecule has 5 rings (SSSR count). The van der Waals surface area contributed by atoms with E-state index in [1.54, 1.807) is 25.8 Å². The van der Waals surface area contributed by atoms with E-state index in [9.17, 15) is 0 Å². The molecule has 1 aliphatic carbocycles. The van der Waals surface area contributed by atoms with Gasteiger partial charge < -0.3 is 24.4 Å². The summed E-state index contributed by atoms with van der Waals surface area (Å²) in [7, 11) is 1.67. The summed E-state index contributed by atoms with van der Waals surface area (Å²) in [5, 5.41) is 3.54. The van der Waals surface area contributed by atoms with Gasteiger partial charge in [0.15, 0.2) is 0 Å². The minimum atomic E-state index is 0.155. The van der Waals surface area contributed by atoms with Crippen LogP contribution in [0.5, 0.6) is 5.75 Å². The predicted octanol–water partition coefficient (Wildman–Crippen LogP) is 3.20. The molecule has 33 heavy (non-hydrogen) atoms. The quantitative estimate of drug-likeness (QED) is 0.582. The van der Waals surface area contributed by atoms with Crippen LogP contribution in [0.4, 0.5) is 11.5 Å². The predicted molar refractivity (Wildman–Crippen MR) is 126 cm³/mol. The minimum absolute atomic E-state index is 0.155. The first-order valence-corrected chi connectivity index (χ1v) is 11.6. The molecule has 0 amide bonds. The molecule has 0 atom stereocenters. The first-order chi connectivity index (χ1) is 16.3. The standard InChI is InChI=1S/C24H30N6O3/c1-31-15-18-12-23(28-16-27-18)29-17-2-4-20(5-3-17)33-22-14-19(30-8-10-32-11-9-30)13-21-24(22)26-7-6-25-21/h6-7,12-14,16-17,20H,2-5,8-11,15H2,1H3,(H,27,28,29)/t17-,20+. The number of methoxy groups -OCH3 is 1. The summed E-state index contributed by atoms with van der Waals surface area (Å²) >= 11 is 0. The highest BCUT2D eigenvalue weighted by Crippen LogP contribution is 2.33. The second kappa shape index (κ2) is 10.3. The molecule has 2 fully saturated rings. The van der Waals surface area contributed by atoms with Gasteiger partial charge in [0.2, 0.25) is 0 Å². The highest BCUT2D eigenvalue weighted by atomic mass is 16.5. The lowest BCUT2D eigenvalue weighted by molar-refractivity contribution is 0.122. The van der Waals surface area contributed by atoms with Gasteiger partial charge in [-0.2, -0.15) is 0 Å². The Morgan fingerprint density at radius 2 is 1.82 bits per heavy atom. The van der Waals surface area contributed by atoms with E-state index in [1.807, 2.05) is 6.07 Å². The summed E-state index contributed by atoms with van der Waals surface area (Å²) in [6.45, 7) is 3.71. The van der Waals surface area contributed by atoms with E-state index in [4.69, 9.17) is 14.2 Å². The first kappa shape index (κ1) is 21.8. The van der Waals surface area contributed by atoms with E-state index >= 15 is 0 Å². The summed E-state index contributed by atoms with van der Waals surface area (Å²) in [5.74, 6) is 1.67. The van der Waals surface area contributed by atoms with Crippen LogP contribution in [0.25, 0.3) is 11.0 Å². The smallest absolute Gasteiger partial charge is 0.149 e. The summed E-state index contributed by atoms with van der Waals surface area (Å²) in [6.07, 6.45) is 9.17. The van der Waals surface area contributed by atoms with Gasteiger partial charge >= 0.3 is 0 Å². The van der Waals surface area contributed by atoms with Crippen molar-refractivity contribution in [3.63, 3.8) is 0 Å². The van der Waals surface area contributed by atoms with Gasteiger partial charge in [-0.1, -0.05) is 0 Å². The zero-order chi connectivity index (χ0) is 22.5. The number of nitrogens with one attached hydrogen (secondary N) is 1. The fraction of sp³-hybridized carbons (Fsp3) is 0.500. The van der Waals surface area contributed by atoms with Gasteiger partial charge in [-0.05, 0) is 31.7 Å². The van der Waals surface area contributed by atoms with Gasteiger partial charge in [0.05, 0.1) is 37.1 Å². The van der Waals surface area contributed by atoms with Crippen LogP contribution >= 0.6 is 0 Å². The van der Waals surface area contributed by atoms with Crippen molar-refractivity contribution in [1.82, 2.24) is 19.9 Å². The van der Waals surface area contributed by atoms with E-state index in [0.717, 1.165) is 86.0 Å². The monoisotopic (exact) mass is 450 g/mol. The summed E-state index contributed by atoms with van der Waals surface area (Å²) in [5.41, 5.74) is 3.68. The average molecular weight is 451 g/mol. The molecular weight excluding hydrogens is 420 g/mol. The van der Waals surface area contributed by atoms with Crippen LogP contribution in [0.1, 0.15) is 31.4 Å². The van der Waals surface area contributed by atoms with Crippen molar-refractivity contribution in [2.24, 2.45) is 0 Å². The number of hydrogen-bond donors (Lipinski definition) is 1. The molecule has 3 aromatic rings. The number of fused-ring (bicyclic) bond motifs is 1. The molecule has 0 unspecified atom stereocenters. The summed E-state index contributed by atoms with van der Waals surface area (Å²) < 4.78 is 17.2. The molecule has 1 saturated heterocycles. The number of aromatic nitrogens is 4. The highest BCUT2D eigenvalue weighted by molar-refractivity contribution is 5.85. The molecule has 1 saturated carbocycles. The van der Waals surface area contributed by atoms with Crippen LogP contribution in [0, 0.1) is 0 Å². The normalized spacial score (nSPS) is 21.2. The van der Waals surface area contributed by atoms with Gasteiger partial charge in [0.1, 0.15) is 23.4 Å². The van der Waals surface area contributed by atoms with E-state index < -0.39 is 0 Å². The molecule has 9 heteroatoms. The molecule has 2 aromatic heterocycles. The van der Waals surface area contributed by atoms with E-state index in [1.165, 1.54) is 0 Å². The highest BCUT2D eigenvalue weighted by Gasteiger charge is 2.24. The summed E-state index contributed by atoms with van der Waals surface area (Å²) in [4.78, 5) is 20.0. The van der Waals surface area contributed by atoms with Crippen molar-refractivity contribution in [3.8, 4) is 5.75 Å². The zero-order valence-corrected chi connectivity index (χ0v) is 18.9. The molecule has 174 valence electrons. The Morgan fingerprint density at radius 3 is 2.64 bits per heavy atom. The number of anilines is 2. The number of morpholine rings is 1. The van der Waals surface area contributed by atoms with Crippen molar-refractivity contribution in [2.75, 3.05) is 43.6 Å². The Labute approximate surface area is 193 Å². The van der Waals surface area contributed by atoms with Gasteiger partial charge in [0, 0.05) is 56.5 Å². The van der Waals surface area contributed by atoms with Gasteiger partial charge in [-0.3, -0.25) is 4.98 Å². The van der Waals surface area contributed by atoms with E-state index in [0.29, 0.717) is 12.6 Å². The molecule has 1 aromatic carbocycles. The van der Waals surface area contributed by atoms with Gasteiger partial charge in [-0.25, -0.2) is 15.0 Å². The lowest BCUT2D eigenvalue weighted by atomic mass is 9.93. The van der Waals surface area contributed by atoms with Gasteiger partial charge in [-0.15, -0.1) is 0 Å². The van der Waals surface area contributed by atoms with Crippen LogP contribution in [0.15, 0.2) is 36.9 Å². The van der Waals surface area contributed by atoms with Crippen molar-refractivity contribution in [2.45, 2.75) is 44.4 Å². The zero-order valence-electron chi connectivity index (χ0n) is 18.9. The number of ether oxygens (including phenoxy) is 3. The van der Waals surface area contributed by atoms with Crippen LogP contribution in [0.3, 0.4) is 0 Å². The maximum absolute atomic E-state index is 6.52. The van der Waals surface area contributed by atoms with Gasteiger partial charge in [0.25, 0.3) is 0 Å². The molecule has 1 N–H and O–H groups in total.